The number of allylic oxidation sites excluding steroid dienone is 8. The number of hydrogen-bond acceptors (Lipinski definition) is 3. The summed E-state index contributed by atoms with van der Waals surface area (Å²) < 4.78 is 0. The van der Waals surface area contributed by atoms with Crippen molar-refractivity contribution in [3.05, 3.63) is 118 Å². The van der Waals surface area contributed by atoms with Gasteiger partial charge in [-0.1, -0.05) is 37.5 Å². The van der Waals surface area contributed by atoms with E-state index in [1.54, 1.807) is 6.08 Å². The van der Waals surface area contributed by atoms with Crippen LogP contribution < -0.4 is 0 Å². The molecule has 1 aromatic rings. The first-order chi connectivity index (χ1) is 12.3. The Hall–Kier alpha value is -3.23. The maximum Gasteiger partial charge on any atom is 0.269 e. The quantitative estimate of drug-likeness (QED) is 0.258. The van der Waals surface area contributed by atoms with E-state index < -0.39 is 4.92 Å². The van der Waals surface area contributed by atoms with Gasteiger partial charge >= 0.3 is 0 Å². The van der Waals surface area contributed by atoms with Crippen LogP contribution in [0.1, 0.15) is 24.6 Å². The van der Waals surface area contributed by atoms with Crippen molar-refractivity contribution < 1.29 is 4.92 Å². The summed E-state index contributed by atoms with van der Waals surface area (Å²) in [6, 6.07) is 4.08. The molecule has 1 aromatic heterocycles. The number of hydrogen-bond donors (Lipinski definition) is 0. The number of nitrogens with zero attached hydrogens (tertiary/aromatic N) is 2. The monoisotopic (exact) mass is 348 g/mol. The third-order valence-electron chi connectivity index (χ3n) is 3.59. The first-order valence-electron chi connectivity index (χ1n) is 8.20. The molecule has 0 saturated carbocycles. The predicted octanol–water partition coefficient (Wildman–Crippen LogP) is 5.44. The molecule has 1 rings (SSSR count). The fraction of sp³-hybridized carbons (Fsp3) is 0.182. The molecule has 0 N–H and O–H groups in total. The van der Waals surface area contributed by atoms with E-state index in [9.17, 15) is 10.1 Å². The van der Waals surface area contributed by atoms with Crippen LogP contribution in [0, 0.1) is 17.0 Å². The fourth-order valence-corrected chi connectivity index (χ4v) is 2.24. The molecule has 4 nitrogen and oxygen atoms in total. The molecule has 0 fully saturated rings. The van der Waals surface area contributed by atoms with Crippen LogP contribution in [0.25, 0.3) is 0 Å². The second-order valence-electron chi connectivity index (χ2n) is 5.83. The highest BCUT2D eigenvalue weighted by Gasteiger charge is 2.03. The lowest BCUT2D eigenvalue weighted by Gasteiger charge is -2.03. The standard InChI is InChI=1S/C22H24N2O2/c1-6-20(10-11-21-12-13-23-19(5)16-21)14-17(3)8-9-18(4)15-22(7-2)24(25)26/h7-9,12-16H,1-2,4,10-11H2,3,5H3. The molecule has 1 heterocycles. The molecule has 0 saturated heterocycles. The Morgan fingerprint density at radius 3 is 2.69 bits per heavy atom. The second-order valence-corrected chi connectivity index (χ2v) is 5.83. The minimum absolute atomic E-state index is 0.0828. The molecule has 0 amide bonds. The van der Waals surface area contributed by atoms with Crippen LogP contribution in [0.4, 0.5) is 0 Å². The topological polar surface area (TPSA) is 56.0 Å². The normalized spacial score (nSPS) is 11.9. The van der Waals surface area contributed by atoms with Crippen molar-refractivity contribution >= 4 is 0 Å². The third kappa shape index (κ3) is 7.56. The largest absolute Gasteiger partial charge is 0.269 e. The van der Waals surface area contributed by atoms with Gasteiger partial charge in [0.2, 0.25) is 0 Å². The first-order valence-corrected chi connectivity index (χ1v) is 8.20. The third-order valence-corrected chi connectivity index (χ3v) is 3.59. The number of pyridine rings is 1. The molecule has 0 spiro atoms. The Kier molecular flexibility index (Phi) is 8.48. The molecule has 0 radical (unpaired) electrons. The molecule has 0 aliphatic rings. The average molecular weight is 348 g/mol. The van der Waals surface area contributed by atoms with E-state index in [4.69, 9.17) is 0 Å². The molecule has 0 atom stereocenters. The summed E-state index contributed by atoms with van der Waals surface area (Å²) in [5.74, 6) is 0. The van der Waals surface area contributed by atoms with E-state index in [2.05, 4.69) is 36.5 Å². The van der Waals surface area contributed by atoms with Gasteiger partial charge in [-0.25, -0.2) is 0 Å². The summed E-state index contributed by atoms with van der Waals surface area (Å²) in [7, 11) is 0. The number of nitro groups is 1. The van der Waals surface area contributed by atoms with Gasteiger partial charge in [-0.2, -0.15) is 0 Å². The van der Waals surface area contributed by atoms with Crippen LogP contribution in [0.3, 0.4) is 0 Å². The summed E-state index contributed by atoms with van der Waals surface area (Å²) in [6.45, 7) is 14.9. The number of aryl methyl sites for hydroxylation is 2. The number of aromatic nitrogens is 1. The molecule has 26 heavy (non-hydrogen) atoms. The van der Waals surface area contributed by atoms with E-state index in [-0.39, 0.29) is 5.70 Å². The van der Waals surface area contributed by atoms with Gasteiger partial charge in [0, 0.05) is 24.0 Å². The van der Waals surface area contributed by atoms with Crippen molar-refractivity contribution in [3.63, 3.8) is 0 Å². The molecule has 0 unspecified atom stereocenters. The Bertz CT molecular complexity index is 835. The molecule has 0 aliphatic carbocycles. The summed E-state index contributed by atoms with van der Waals surface area (Å²) in [6.07, 6.45) is 11.7. The van der Waals surface area contributed by atoms with E-state index in [0.717, 1.165) is 29.7 Å². The maximum atomic E-state index is 10.8. The molecule has 4 heteroatoms. The Balaban J connectivity index is 2.74. The summed E-state index contributed by atoms with van der Waals surface area (Å²) >= 11 is 0. The second kappa shape index (κ2) is 10.6. The van der Waals surface area contributed by atoms with E-state index in [1.165, 1.54) is 17.7 Å². The fourth-order valence-electron chi connectivity index (χ4n) is 2.24. The van der Waals surface area contributed by atoms with Crippen LogP contribution in [0.5, 0.6) is 0 Å². The highest BCUT2D eigenvalue weighted by Crippen LogP contribution is 2.13. The van der Waals surface area contributed by atoms with Gasteiger partial charge in [-0.15, -0.1) is 5.73 Å². The Morgan fingerprint density at radius 2 is 2.12 bits per heavy atom. The molecular weight excluding hydrogens is 324 g/mol. The lowest BCUT2D eigenvalue weighted by Crippen LogP contribution is -1.94. The van der Waals surface area contributed by atoms with Crippen LogP contribution in [-0.4, -0.2) is 9.91 Å². The van der Waals surface area contributed by atoms with Crippen molar-refractivity contribution in [2.75, 3.05) is 0 Å². The molecular formula is C22H24N2O2. The average Bonchev–Trinajstić information content (AvgIpc) is 2.61. The molecule has 0 aromatic carbocycles. The van der Waals surface area contributed by atoms with Crippen LogP contribution >= 0.6 is 0 Å². The van der Waals surface area contributed by atoms with Crippen LogP contribution in [-0.2, 0) is 6.42 Å². The molecule has 134 valence electrons. The zero-order chi connectivity index (χ0) is 19.5. The summed E-state index contributed by atoms with van der Waals surface area (Å²) in [4.78, 5) is 14.5. The zero-order valence-corrected chi connectivity index (χ0v) is 15.4. The van der Waals surface area contributed by atoms with E-state index in [0.29, 0.717) is 5.57 Å². The minimum Gasteiger partial charge on any atom is -0.262 e. The highest BCUT2D eigenvalue weighted by molar-refractivity contribution is 5.37. The Labute approximate surface area is 155 Å². The van der Waals surface area contributed by atoms with Crippen LogP contribution in [0.2, 0.25) is 0 Å². The van der Waals surface area contributed by atoms with Gasteiger partial charge < -0.3 is 0 Å². The van der Waals surface area contributed by atoms with Crippen molar-refractivity contribution in [1.82, 2.24) is 4.98 Å². The lowest BCUT2D eigenvalue weighted by molar-refractivity contribution is -0.419. The highest BCUT2D eigenvalue weighted by atomic mass is 16.6. The Morgan fingerprint density at radius 1 is 1.38 bits per heavy atom. The van der Waals surface area contributed by atoms with Gasteiger partial charge in [0.1, 0.15) is 0 Å². The van der Waals surface area contributed by atoms with Crippen molar-refractivity contribution in [2.45, 2.75) is 26.7 Å². The first kappa shape index (κ1) is 20.8. The maximum absolute atomic E-state index is 10.8. The smallest absolute Gasteiger partial charge is 0.262 e. The number of rotatable bonds is 9. The minimum atomic E-state index is -0.492. The molecule has 0 bridgehead atoms. The van der Waals surface area contributed by atoms with Gasteiger partial charge in [0.25, 0.3) is 5.70 Å². The van der Waals surface area contributed by atoms with Gasteiger partial charge in [-0.3, -0.25) is 15.1 Å². The van der Waals surface area contributed by atoms with E-state index in [1.807, 2.05) is 38.3 Å². The molecule has 0 aliphatic heterocycles. The van der Waals surface area contributed by atoms with E-state index >= 15 is 0 Å². The lowest BCUT2D eigenvalue weighted by atomic mass is 10.0. The summed E-state index contributed by atoms with van der Waals surface area (Å²) in [5, 5.41) is 10.8. The van der Waals surface area contributed by atoms with Crippen LogP contribution in [0.15, 0.2) is 96.6 Å². The van der Waals surface area contributed by atoms with Crippen molar-refractivity contribution in [2.24, 2.45) is 0 Å². The van der Waals surface area contributed by atoms with Gasteiger partial charge in [-0.05, 0) is 61.6 Å². The summed E-state index contributed by atoms with van der Waals surface area (Å²) in [5.41, 5.74) is 7.62. The van der Waals surface area contributed by atoms with Crippen molar-refractivity contribution in [1.29, 1.82) is 0 Å². The van der Waals surface area contributed by atoms with Crippen molar-refractivity contribution in [3.8, 4) is 0 Å². The SMILES string of the molecule is C=C=C(C=C(C)C=CC(=C)C=C(C=C)[N+](=O)[O-])CCc1ccnc(C)c1. The zero-order valence-electron chi connectivity index (χ0n) is 15.4. The van der Waals surface area contributed by atoms with Gasteiger partial charge in [0.05, 0.1) is 4.92 Å². The predicted molar refractivity (Wildman–Crippen MR) is 107 cm³/mol. The van der Waals surface area contributed by atoms with Gasteiger partial charge in [0.15, 0.2) is 0 Å².